The molecule has 0 saturated heterocycles. The minimum absolute atomic E-state index is 0.0246. The first kappa shape index (κ1) is 21.5. The molecule has 31 heavy (non-hydrogen) atoms. The molecule has 1 atom stereocenters. The average Bonchev–Trinajstić information content (AvgIpc) is 2.78. The molecule has 0 N–H and O–H groups in total. The van der Waals surface area contributed by atoms with Crippen LogP contribution in [0.15, 0.2) is 64.6 Å². The lowest BCUT2D eigenvalue weighted by Crippen LogP contribution is -2.46. The Balaban J connectivity index is 1.73. The standard InChI is InChI=1S/C24H25NO5S/c1-16-6-12-19(13-7-16)31(28,29)25-14-21-20(4-3-5-23(21)26)22(15-25)24(27)17-8-10-18(30-2)11-9-17/h6-13,22H,3-5,14-15H2,1-2H3. The van der Waals surface area contributed by atoms with Gasteiger partial charge in [0.25, 0.3) is 0 Å². The number of sulfonamides is 1. The number of methoxy groups -OCH3 is 1. The summed E-state index contributed by atoms with van der Waals surface area (Å²) in [5, 5.41) is 0. The van der Waals surface area contributed by atoms with Gasteiger partial charge in [-0.05, 0) is 61.7 Å². The second kappa shape index (κ2) is 8.40. The van der Waals surface area contributed by atoms with Crippen LogP contribution in [0.3, 0.4) is 0 Å². The summed E-state index contributed by atoms with van der Waals surface area (Å²) < 4.78 is 33.1. The number of benzene rings is 2. The molecule has 0 amide bonds. The van der Waals surface area contributed by atoms with E-state index in [2.05, 4.69) is 0 Å². The van der Waals surface area contributed by atoms with Crippen LogP contribution in [0.5, 0.6) is 5.75 Å². The highest BCUT2D eigenvalue weighted by Crippen LogP contribution is 2.37. The predicted octanol–water partition coefficient (Wildman–Crippen LogP) is 3.56. The monoisotopic (exact) mass is 439 g/mol. The van der Waals surface area contributed by atoms with Gasteiger partial charge >= 0.3 is 0 Å². The lowest BCUT2D eigenvalue weighted by Gasteiger charge is -2.36. The Morgan fingerprint density at radius 2 is 1.71 bits per heavy atom. The van der Waals surface area contributed by atoms with E-state index in [1.54, 1.807) is 55.6 Å². The van der Waals surface area contributed by atoms with Gasteiger partial charge in [0.2, 0.25) is 10.0 Å². The Morgan fingerprint density at radius 3 is 2.35 bits per heavy atom. The highest BCUT2D eigenvalue weighted by Gasteiger charge is 2.41. The SMILES string of the molecule is COc1ccc(C(=O)C2CN(S(=O)(=O)c3ccc(C)cc3)CC3=C2CCCC3=O)cc1. The molecule has 4 rings (SSSR count). The molecule has 0 aromatic heterocycles. The second-order valence-electron chi connectivity index (χ2n) is 8.04. The van der Waals surface area contributed by atoms with Crippen molar-refractivity contribution in [3.05, 3.63) is 70.8 Å². The van der Waals surface area contributed by atoms with E-state index < -0.39 is 15.9 Å². The third kappa shape index (κ3) is 4.07. The molecule has 7 heteroatoms. The predicted molar refractivity (Wildman–Crippen MR) is 117 cm³/mol. The number of carbonyl (C=O) groups excluding carboxylic acids is 2. The molecule has 2 aromatic rings. The van der Waals surface area contributed by atoms with Crippen molar-refractivity contribution in [2.24, 2.45) is 5.92 Å². The molecular formula is C24H25NO5S. The quantitative estimate of drug-likeness (QED) is 0.666. The van der Waals surface area contributed by atoms with Crippen LogP contribution in [0.1, 0.15) is 35.2 Å². The maximum Gasteiger partial charge on any atom is 0.243 e. The molecule has 1 unspecified atom stereocenters. The topological polar surface area (TPSA) is 80.8 Å². The van der Waals surface area contributed by atoms with Crippen LogP contribution in [0, 0.1) is 12.8 Å². The van der Waals surface area contributed by atoms with E-state index in [1.807, 2.05) is 6.92 Å². The van der Waals surface area contributed by atoms with Crippen LogP contribution in [-0.4, -0.2) is 44.5 Å². The van der Waals surface area contributed by atoms with E-state index in [0.29, 0.717) is 36.1 Å². The first-order valence-electron chi connectivity index (χ1n) is 10.3. The molecule has 1 aliphatic heterocycles. The molecular weight excluding hydrogens is 414 g/mol. The molecule has 6 nitrogen and oxygen atoms in total. The van der Waals surface area contributed by atoms with Crippen LogP contribution in [-0.2, 0) is 14.8 Å². The lowest BCUT2D eigenvalue weighted by molar-refractivity contribution is -0.116. The molecule has 1 aliphatic carbocycles. The van der Waals surface area contributed by atoms with Crippen LogP contribution in [0.2, 0.25) is 0 Å². The summed E-state index contributed by atoms with van der Waals surface area (Å²) in [5.74, 6) is -0.260. The van der Waals surface area contributed by atoms with E-state index >= 15 is 0 Å². The highest BCUT2D eigenvalue weighted by atomic mass is 32.2. The maximum atomic E-state index is 13.4. The number of aryl methyl sites for hydroxylation is 1. The Bertz CT molecular complexity index is 1150. The van der Waals surface area contributed by atoms with E-state index in [9.17, 15) is 18.0 Å². The van der Waals surface area contributed by atoms with Gasteiger partial charge in [0.05, 0.1) is 17.9 Å². The zero-order valence-corrected chi connectivity index (χ0v) is 18.4. The number of hydrogen-bond acceptors (Lipinski definition) is 5. The van der Waals surface area contributed by atoms with Crippen molar-refractivity contribution in [1.82, 2.24) is 4.31 Å². The number of ether oxygens (including phenoxy) is 1. The third-order valence-electron chi connectivity index (χ3n) is 6.07. The summed E-state index contributed by atoms with van der Waals surface area (Å²) in [7, 11) is -2.29. The molecule has 0 spiro atoms. The van der Waals surface area contributed by atoms with Crippen molar-refractivity contribution in [1.29, 1.82) is 0 Å². The molecule has 0 fully saturated rings. The van der Waals surface area contributed by atoms with Crippen molar-refractivity contribution in [2.45, 2.75) is 31.1 Å². The number of Topliss-reactive ketones (excluding diaryl/α,β-unsaturated/α-hetero) is 2. The van der Waals surface area contributed by atoms with Gasteiger partial charge in [-0.15, -0.1) is 0 Å². The number of hydrogen-bond donors (Lipinski definition) is 0. The van der Waals surface area contributed by atoms with Crippen LogP contribution < -0.4 is 4.74 Å². The fourth-order valence-electron chi connectivity index (χ4n) is 4.29. The Morgan fingerprint density at radius 1 is 1.03 bits per heavy atom. The van der Waals surface area contributed by atoms with E-state index in [-0.39, 0.29) is 29.6 Å². The van der Waals surface area contributed by atoms with Crippen LogP contribution in [0.25, 0.3) is 0 Å². The summed E-state index contributed by atoms with van der Waals surface area (Å²) in [5.41, 5.74) is 2.72. The molecule has 0 radical (unpaired) electrons. The third-order valence-corrected chi connectivity index (χ3v) is 7.89. The molecule has 0 saturated carbocycles. The first-order valence-corrected chi connectivity index (χ1v) is 11.8. The van der Waals surface area contributed by atoms with Gasteiger partial charge in [0.15, 0.2) is 11.6 Å². The largest absolute Gasteiger partial charge is 0.497 e. The smallest absolute Gasteiger partial charge is 0.243 e. The minimum atomic E-state index is -3.84. The average molecular weight is 440 g/mol. The van der Waals surface area contributed by atoms with Gasteiger partial charge in [-0.1, -0.05) is 17.7 Å². The van der Waals surface area contributed by atoms with Gasteiger partial charge in [0.1, 0.15) is 5.75 Å². The van der Waals surface area contributed by atoms with Crippen LogP contribution >= 0.6 is 0 Å². The molecule has 2 aliphatic rings. The lowest BCUT2D eigenvalue weighted by atomic mass is 9.78. The number of ketones is 2. The number of rotatable bonds is 5. The summed E-state index contributed by atoms with van der Waals surface area (Å²) in [6.45, 7) is 1.95. The van der Waals surface area contributed by atoms with Crippen molar-refractivity contribution in [2.75, 3.05) is 20.2 Å². The van der Waals surface area contributed by atoms with Crippen molar-refractivity contribution < 1.29 is 22.7 Å². The fraction of sp³-hybridized carbons (Fsp3) is 0.333. The van der Waals surface area contributed by atoms with Gasteiger partial charge < -0.3 is 4.74 Å². The van der Waals surface area contributed by atoms with E-state index in [0.717, 1.165) is 11.1 Å². The summed E-state index contributed by atoms with van der Waals surface area (Å²) in [6.07, 6.45) is 1.72. The van der Waals surface area contributed by atoms with Gasteiger partial charge in [-0.2, -0.15) is 4.31 Å². The van der Waals surface area contributed by atoms with Gasteiger partial charge in [-0.3, -0.25) is 9.59 Å². The van der Waals surface area contributed by atoms with Gasteiger partial charge in [0, 0.05) is 30.6 Å². The number of carbonyl (C=O) groups is 2. The number of nitrogens with zero attached hydrogens (tertiary/aromatic N) is 1. The van der Waals surface area contributed by atoms with E-state index in [1.165, 1.54) is 4.31 Å². The van der Waals surface area contributed by atoms with Crippen molar-refractivity contribution >= 4 is 21.6 Å². The maximum absolute atomic E-state index is 13.4. The Hall–Kier alpha value is -2.77. The minimum Gasteiger partial charge on any atom is -0.497 e. The normalized spacial score (nSPS) is 19.8. The summed E-state index contributed by atoms with van der Waals surface area (Å²) in [6, 6.07) is 13.4. The van der Waals surface area contributed by atoms with Crippen molar-refractivity contribution in [3.63, 3.8) is 0 Å². The second-order valence-corrected chi connectivity index (χ2v) is 9.97. The zero-order chi connectivity index (χ0) is 22.2. The molecule has 0 bridgehead atoms. The zero-order valence-electron chi connectivity index (χ0n) is 17.6. The summed E-state index contributed by atoms with van der Waals surface area (Å²) >= 11 is 0. The molecule has 2 aromatic carbocycles. The fourth-order valence-corrected chi connectivity index (χ4v) is 5.71. The Kier molecular flexibility index (Phi) is 5.81. The highest BCUT2D eigenvalue weighted by molar-refractivity contribution is 7.89. The van der Waals surface area contributed by atoms with Crippen molar-refractivity contribution in [3.8, 4) is 5.75 Å². The molecule has 162 valence electrons. The first-order chi connectivity index (χ1) is 14.8. The van der Waals surface area contributed by atoms with E-state index in [4.69, 9.17) is 4.74 Å². The molecule has 1 heterocycles. The Labute approximate surface area is 182 Å². The summed E-state index contributed by atoms with van der Waals surface area (Å²) in [4.78, 5) is 26.2. The van der Waals surface area contributed by atoms with Gasteiger partial charge in [-0.25, -0.2) is 8.42 Å². The van der Waals surface area contributed by atoms with Crippen LogP contribution in [0.4, 0.5) is 0 Å².